The molecule has 0 bridgehead atoms. The zero-order valence-corrected chi connectivity index (χ0v) is 18.5. The summed E-state index contributed by atoms with van der Waals surface area (Å²) in [6.07, 6.45) is 4.03. The number of para-hydroxylation sites is 2. The van der Waals surface area contributed by atoms with Crippen LogP contribution in [0.25, 0.3) is 55.3 Å². The molecule has 0 saturated heterocycles. The van der Waals surface area contributed by atoms with E-state index in [2.05, 4.69) is 125 Å². The maximum Gasteiger partial charge on any atom is 0.137 e. The zero-order chi connectivity index (χ0) is 22.5. The molecule has 0 radical (unpaired) electrons. The number of aromatic nitrogens is 3. The second kappa shape index (κ2) is 7.46. The van der Waals surface area contributed by atoms with Gasteiger partial charge in [-0.05, 0) is 53.6 Å². The van der Waals surface area contributed by atoms with Crippen LogP contribution in [0.2, 0.25) is 0 Å². The van der Waals surface area contributed by atoms with E-state index in [0.29, 0.717) is 0 Å². The van der Waals surface area contributed by atoms with Crippen LogP contribution in [0.5, 0.6) is 0 Å². The van der Waals surface area contributed by atoms with Gasteiger partial charge in [-0.2, -0.15) is 0 Å². The molecule has 3 heteroatoms. The van der Waals surface area contributed by atoms with Crippen LogP contribution < -0.4 is 0 Å². The fraction of sp³-hybridized carbons (Fsp3) is 0. The van der Waals surface area contributed by atoms with E-state index in [-0.39, 0.29) is 0 Å². The lowest BCUT2D eigenvalue weighted by Gasteiger charge is -2.10. The van der Waals surface area contributed by atoms with Gasteiger partial charge in [0, 0.05) is 34.2 Å². The third-order valence-electron chi connectivity index (χ3n) is 6.62. The number of hydrogen-bond donors (Lipinski definition) is 0. The van der Waals surface area contributed by atoms with Crippen molar-refractivity contribution in [3.63, 3.8) is 0 Å². The molecule has 3 aromatic heterocycles. The van der Waals surface area contributed by atoms with Gasteiger partial charge in [-0.15, -0.1) is 0 Å². The molecule has 7 rings (SSSR count). The topological polar surface area (TPSA) is 22.8 Å². The fourth-order valence-electron chi connectivity index (χ4n) is 5.08. The molecule has 4 aromatic carbocycles. The van der Waals surface area contributed by atoms with Gasteiger partial charge in [0.15, 0.2) is 0 Å². The molecule has 160 valence electrons. The second-order valence-electron chi connectivity index (χ2n) is 8.54. The van der Waals surface area contributed by atoms with Crippen molar-refractivity contribution in [3.05, 3.63) is 128 Å². The lowest BCUT2D eigenvalue weighted by Crippen LogP contribution is -1.97. The van der Waals surface area contributed by atoms with Crippen LogP contribution >= 0.6 is 0 Å². The summed E-state index contributed by atoms with van der Waals surface area (Å²) in [4.78, 5) is 4.72. The molecule has 0 N–H and O–H groups in total. The predicted molar refractivity (Wildman–Crippen MR) is 141 cm³/mol. The molecule has 0 amide bonds. The normalized spacial score (nSPS) is 11.5. The van der Waals surface area contributed by atoms with Crippen molar-refractivity contribution in [1.29, 1.82) is 0 Å². The Morgan fingerprint density at radius 1 is 0.529 bits per heavy atom. The third-order valence-corrected chi connectivity index (χ3v) is 6.62. The molecule has 3 heterocycles. The van der Waals surface area contributed by atoms with Crippen LogP contribution in [-0.4, -0.2) is 14.1 Å². The van der Waals surface area contributed by atoms with Crippen molar-refractivity contribution < 1.29 is 0 Å². The second-order valence-corrected chi connectivity index (χ2v) is 8.54. The van der Waals surface area contributed by atoms with Crippen molar-refractivity contribution in [1.82, 2.24) is 14.1 Å². The number of pyridine rings is 1. The van der Waals surface area contributed by atoms with E-state index in [0.717, 1.165) is 22.6 Å². The molecule has 34 heavy (non-hydrogen) atoms. The number of nitrogens with zero attached hydrogens (tertiary/aromatic N) is 3. The van der Waals surface area contributed by atoms with Gasteiger partial charge < -0.3 is 9.13 Å². The lowest BCUT2D eigenvalue weighted by atomic mass is 10.1. The minimum absolute atomic E-state index is 0.915. The van der Waals surface area contributed by atoms with E-state index in [9.17, 15) is 0 Å². The maximum atomic E-state index is 4.72. The van der Waals surface area contributed by atoms with E-state index in [4.69, 9.17) is 4.98 Å². The van der Waals surface area contributed by atoms with Gasteiger partial charge in [0.25, 0.3) is 0 Å². The van der Waals surface area contributed by atoms with Crippen molar-refractivity contribution in [3.8, 4) is 22.6 Å². The highest BCUT2D eigenvalue weighted by Crippen LogP contribution is 2.37. The molecule has 0 aliphatic heterocycles. The molecule has 7 aromatic rings. The summed E-state index contributed by atoms with van der Waals surface area (Å²) in [5.41, 5.74) is 7.10. The third kappa shape index (κ3) is 2.81. The van der Waals surface area contributed by atoms with Gasteiger partial charge in [-0.1, -0.05) is 72.8 Å². The van der Waals surface area contributed by atoms with Crippen molar-refractivity contribution in [2.45, 2.75) is 0 Å². The minimum atomic E-state index is 0.915. The maximum absolute atomic E-state index is 4.72. The van der Waals surface area contributed by atoms with Gasteiger partial charge in [0.2, 0.25) is 0 Å². The fourth-order valence-corrected chi connectivity index (χ4v) is 5.08. The monoisotopic (exact) mass is 435 g/mol. The number of hydrogen-bond acceptors (Lipinski definition) is 1. The Labute approximate surface area is 197 Å². The molecular formula is C31H21N3. The SMILES string of the molecule is c1ccc(-c2ccnc(-n3ccc4c3ccc3c5ccccc5n(-c5ccccc5)c34)c2)cc1. The average molecular weight is 436 g/mol. The number of rotatable bonds is 3. The van der Waals surface area contributed by atoms with Gasteiger partial charge in [-0.3, -0.25) is 0 Å². The van der Waals surface area contributed by atoms with E-state index in [1.54, 1.807) is 0 Å². The van der Waals surface area contributed by atoms with Crippen molar-refractivity contribution in [2.24, 2.45) is 0 Å². The lowest BCUT2D eigenvalue weighted by molar-refractivity contribution is 1.04. The molecule has 0 aliphatic rings. The molecule has 0 saturated carbocycles. The van der Waals surface area contributed by atoms with Crippen LogP contribution in [0.4, 0.5) is 0 Å². The van der Waals surface area contributed by atoms with E-state index >= 15 is 0 Å². The van der Waals surface area contributed by atoms with E-state index in [1.807, 2.05) is 12.3 Å². The molecule has 0 aliphatic carbocycles. The molecule has 0 unspecified atom stereocenters. The number of benzene rings is 4. The Hall–Kier alpha value is -4.63. The summed E-state index contributed by atoms with van der Waals surface area (Å²) in [6.45, 7) is 0. The zero-order valence-electron chi connectivity index (χ0n) is 18.5. The Kier molecular flexibility index (Phi) is 4.15. The molecule has 3 nitrogen and oxygen atoms in total. The van der Waals surface area contributed by atoms with Crippen molar-refractivity contribution >= 4 is 32.7 Å². The summed E-state index contributed by atoms with van der Waals surface area (Å²) in [7, 11) is 0. The Balaban J connectivity index is 1.51. The quantitative estimate of drug-likeness (QED) is 0.278. The predicted octanol–water partition coefficient (Wildman–Crippen LogP) is 7.79. The van der Waals surface area contributed by atoms with Crippen LogP contribution in [-0.2, 0) is 0 Å². The molecule has 0 atom stereocenters. The first-order valence-corrected chi connectivity index (χ1v) is 11.5. The highest BCUT2D eigenvalue weighted by atomic mass is 15.1. The molecular weight excluding hydrogens is 414 g/mol. The summed E-state index contributed by atoms with van der Waals surface area (Å²) in [5, 5.41) is 3.74. The Morgan fingerprint density at radius 3 is 2.15 bits per heavy atom. The first kappa shape index (κ1) is 18.9. The molecule has 0 fully saturated rings. The van der Waals surface area contributed by atoms with Gasteiger partial charge in [-0.25, -0.2) is 4.98 Å². The highest BCUT2D eigenvalue weighted by Gasteiger charge is 2.17. The summed E-state index contributed by atoms with van der Waals surface area (Å²) >= 11 is 0. The average Bonchev–Trinajstić information content (AvgIpc) is 3.49. The molecule has 0 spiro atoms. The highest BCUT2D eigenvalue weighted by molar-refractivity contribution is 6.18. The van der Waals surface area contributed by atoms with Gasteiger partial charge in [0.1, 0.15) is 5.82 Å². The Morgan fingerprint density at radius 2 is 1.29 bits per heavy atom. The van der Waals surface area contributed by atoms with Crippen LogP contribution in [0.3, 0.4) is 0 Å². The van der Waals surface area contributed by atoms with E-state index in [1.165, 1.54) is 32.8 Å². The van der Waals surface area contributed by atoms with Crippen LogP contribution in [0.1, 0.15) is 0 Å². The first-order chi connectivity index (χ1) is 16.9. The standard InChI is InChI=1S/C31H21N3/c1-3-9-22(10-4-1)23-17-19-32-30(21-23)33-20-18-27-28(33)16-15-26-25-13-7-8-14-29(25)34(31(26)27)24-11-5-2-6-12-24/h1-21H. The summed E-state index contributed by atoms with van der Waals surface area (Å²) in [6, 6.07) is 40.6. The number of fused-ring (bicyclic) bond motifs is 5. The van der Waals surface area contributed by atoms with Gasteiger partial charge in [0.05, 0.1) is 16.6 Å². The van der Waals surface area contributed by atoms with Gasteiger partial charge >= 0.3 is 0 Å². The smallest absolute Gasteiger partial charge is 0.137 e. The first-order valence-electron chi connectivity index (χ1n) is 11.5. The van der Waals surface area contributed by atoms with Crippen LogP contribution in [0.15, 0.2) is 128 Å². The van der Waals surface area contributed by atoms with Crippen molar-refractivity contribution in [2.75, 3.05) is 0 Å². The minimum Gasteiger partial charge on any atom is -0.309 e. The van der Waals surface area contributed by atoms with Crippen LogP contribution in [0, 0.1) is 0 Å². The Bertz CT molecular complexity index is 1790. The summed E-state index contributed by atoms with van der Waals surface area (Å²) < 4.78 is 4.57. The largest absolute Gasteiger partial charge is 0.309 e. The van der Waals surface area contributed by atoms with E-state index < -0.39 is 0 Å². The summed E-state index contributed by atoms with van der Waals surface area (Å²) in [5.74, 6) is 0.915.